The fourth-order valence-electron chi connectivity index (χ4n) is 6.33. The van der Waals surface area contributed by atoms with Crippen LogP contribution in [0.1, 0.15) is 44.0 Å². The number of methoxy groups -OCH3 is 2. The Bertz CT molecular complexity index is 1870. The van der Waals surface area contributed by atoms with Crippen molar-refractivity contribution in [3.8, 4) is 45.4 Å². The summed E-state index contributed by atoms with van der Waals surface area (Å²) in [6, 6.07) is 11.8. The number of hydrogen-bond donors (Lipinski definition) is 3. The molecule has 0 saturated carbocycles. The topological polar surface area (TPSA) is 143 Å². The fraction of sp³-hybridized carbons (Fsp3) is 0.389. The Balaban J connectivity index is 1.19. The molecule has 2 aromatic heterocycles. The van der Waals surface area contributed by atoms with Gasteiger partial charge in [-0.05, 0) is 19.3 Å². The maximum absolute atomic E-state index is 11.7. The second kappa shape index (κ2) is 16.1. The zero-order valence-corrected chi connectivity index (χ0v) is 29.8. The number of ether oxygens (including phenoxy) is 2. The maximum Gasteiger partial charge on any atom is 0.237 e. The number of rotatable bonds is 12. The molecule has 0 radical (unpaired) electrons. The van der Waals surface area contributed by atoms with Crippen LogP contribution < -0.4 is 25.4 Å². The quantitative estimate of drug-likeness (QED) is 0.182. The molecule has 0 aliphatic carbocycles. The van der Waals surface area contributed by atoms with Gasteiger partial charge in [-0.25, -0.2) is 9.97 Å². The molecule has 2 fully saturated rings. The van der Waals surface area contributed by atoms with Crippen molar-refractivity contribution in [2.24, 2.45) is 0 Å². The average molecular weight is 720 g/mol. The van der Waals surface area contributed by atoms with Crippen LogP contribution in [0.3, 0.4) is 0 Å². The zero-order valence-electron chi connectivity index (χ0n) is 28.3. The Morgan fingerprint density at radius 2 is 1.40 bits per heavy atom. The number of likely N-dealkylation sites (tertiary alicyclic amines) is 1. The molecule has 4 aromatic rings. The number of carbonyl (C=O) groups excluding carboxylic acids is 2. The minimum absolute atomic E-state index is 0.0811. The van der Waals surface area contributed by atoms with Crippen LogP contribution in [0.25, 0.3) is 33.6 Å². The van der Waals surface area contributed by atoms with Gasteiger partial charge in [-0.1, -0.05) is 59.6 Å². The molecule has 12 nitrogen and oxygen atoms in total. The van der Waals surface area contributed by atoms with Crippen LogP contribution in [0.4, 0.5) is 0 Å². The Morgan fingerprint density at radius 3 is 1.90 bits per heavy atom. The molecule has 2 saturated heterocycles. The molecule has 0 unspecified atom stereocenters. The minimum atomic E-state index is 0.0811. The molecule has 14 heteroatoms. The second-order valence-corrected chi connectivity index (χ2v) is 13.1. The van der Waals surface area contributed by atoms with Crippen molar-refractivity contribution in [3.05, 3.63) is 70.2 Å². The maximum atomic E-state index is 11.7. The average Bonchev–Trinajstić information content (AvgIpc) is 3.55. The fourth-order valence-corrected chi connectivity index (χ4v) is 6.98. The van der Waals surface area contributed by atoms with Crippen molar-refractivity contribution >= 4 is 35.0 Å². The van der Waals surface area contributed by atoms with Gasteiger partial charge in [-0.15, -0.1) is 0 Å². The lowest BCUT2D eigenvalue weighted by Crippen LogP contribution is -2.44. The van der Waals surface area contributed by atoms with Crippen molar-refractivity contribution in [1.82, 2.24) is 40.8 Å². The van der Waals surface area contributed by atoms with Gasteiger partial charge >= 0.3 is 0 Å². The van der Waals surface area contributed by atoms with E-state index in [0.717, 1.165) is 43.5 Å². The van der Waals surface area contributed by atoms with E-state index < -0.39 is 0 Å². The first-order valence-electron chi connectivity index (χ1n) is 16.6. The summed E-state index contributed by atoms with van der Waals surface area (Å²) in [6.45, 7) is 4.65. The molecular formula is C36H40Cl2N8O4. The highest BCUT2D eigenvalue weighted by atomic mass is 35.5. The summed E-state index contributed by atoms with van der Waals surface area (Å²) < 4.78 is 11.2. The molecule has 1 atom stereocenters. The van der Waals surface area contributed by atoms with Gasteiger partial charge in [-0.3, -0.25) is 19.6 Å². The smallest absolute Gasteiger partial charge is 0.237 e. The predicted octanol–water partition coefficient (Wildman–Crippen LogP) is 5.06. The van der Waals surface area contributed by atoms with E-state index in [1.165, 1.54) is 0 Å². The first-order valence-corrected chi connectivity index (χ1v) is 17.4. The molecule has 2 aromatic carbocycles. The number of nitrogens with zero attached hydrogens (tertiary/aromatic N) is 5. The highest BCUT2D eigenvalue weighted by Crippen LogP contribution is 2.42. The van der Waals surface area contributed by atoms with Crippen molar-refractivity contribution in [2.75, 3.05) is 33.9 Å². The van der Waals surface area contributed by atoms with E-state index in [1.54, 1.807) is 33.5 Å². The van der Waals surface area contributed by atoms with E-state index >= 15 is 0 Å². The normalized spacial score (nSPS) is 16.4. The highest BCUT2D eigenvalue weighted by Gasteiger charge is 2.23. The molecule has 2 aliphatic heterocycles. The van der Waals surface area contributed by atoms with Gasteiger partial charge in [0.1, 0.15) is 11.4 Å². The van der Waals surface area contributed by atoms with Gasteiger partial charge in [0.15, 0.2) is 0 Å². The largest absolute Gasteiger partial charge is 0.480 e. The van der Waals surface area contributed by atoms with E-state index in [2.05, 4.69) is 25.9 Å². The number of aromatic nitrogens is 4. The number of carbonyl (C=O) groups is 2. The first-order chi connectivity index (χ1) is 24.2. The van der Waals surface area contributed by atoms with Crippen molar-refractivity contribution in [2.45, 2.75) is 57.8 Å². The SMILES string of the molecule is COc1nc(-c2cccc(-c3cccc(-c4cnc(CNC5CCN(C(C)=O)CC5)c(OC)n4)c3Cl)c2Cl)cnc1CNC[C@H]1CCC(=O)N1. The van der Waals surface area contributed by atoms with E-state index in [4.69, 9.17) is 42.6 Å². The van der Waals surface area contributed by atoms with Crippen molar-refractivity contribution < 1.29 is 19.1 Å². The first kappa shape index (κ1) is 35.5. The minimum Gasteiger partial charge on any atom is -0.480 e. The standard InChI is InChI=1S/C36H40Cl2N8O4/c1-21(47)46-14-12-22(13-15-46)40-20-31-36(50-3)45-29(19-42-31)27-9-5-7-25(34(27)38)24-6-4-8-26(33(24)37)28-18-41-30(35(44-28)49-2)17-39-16-23-10-11-32(48)43-23/h4-9,18-19,22-23,39-40H,10-17,20H2,1-3H3,(H,43,48)/t23-/m1/s1. The Hall–Kier alpha value is -4.36. The summed E-state index contributed by atoms with van der Waals surface area (Å²) in [4.78, 5) is 43.8. The van der Waals surface area contributed by atoms with Gasteiger partial charge in [0.05, 0.1) is 48.0 Å². The third-order valence-electron chi connectivity index (χ3n) is 9.12. The van der Waals surface area contributed by atoms with Crippen LogP contribution in [0, 0.1) is 0 Å². The third kappa shape index (κ3) is 7.99. The lowest BCUT2D eigenvalue weighted by atomic mass is 9.98. The van der Waals surface area contributed by atoms with Gasteiger partial charge in [0.25, 0.3) is 0 Å². The van der Waals surface area contributed by atoms with Gasteiger partial charge in [0.2, 0.25) is 23.6 Å². The molecule has 3 N–H and O–H groups in total. The Labute approximate surface area is 301 Å². The van der Waals surface area contributed by atoms with Crippen molar-refractivity contribution in [1.29, 1.82) is 0 Å². The molecule has 0 spiro atoms. The summed E-state index contributed by atoms with van der Waals surface area (Å²) >= 11 is 14.1. The van der Waals surface area contributed by atoms with Crippen LogP contribution in [-0.2, 0) is 22.7 Å². The molecule has 262 valence electrons. The number of nitrogens with one attached hydrogen (secondary N) is 3. The molecule has 0 bridgehead atoms. The van der Waals surface area contributed by atoms with Gasteiger partial charge in [-0.2, -0.15) is 0 Å². The molecule has 2 aliphatic rings. The predicted molar refractivity (Wildman–Crippen MR) is 192 cm³/mol. The Morgan fingerprint density at radius 1 is 0.860 bits per heavy atom. The third-order valence-corrected chi connectivity index (χ3v) is 9.93. The van der Waals surface area contributed by atoms with E-state index in [0.29, 0.717) is 81.8 Å². The van der Waals surface area contributed by atoms with Gasteiger partial charge in [0, 0.05) is 80.4 Å². The molecule has 50 heavy (non-hydrogen) atoms. The summed E-state index contributed by atoms with van der Waals surface area (Å²) in [7, 11) is 3.13. The van der Waals surface area contributed by atoms with Crippen LogP contribution >= 0.6 is 23.2 Å². The lowest BCUT2D eigenvalue weighted by Gasteiger charge is -2.31. The molecule has 2 amide bonds. The summed E-state index contributed by atoms with van der Waals surface area (Å²) in [5.74, 6) is 0.992. The number of hydrogen-bond acceptors (Lipinski definition) is 10. The summed E-state index contributed by atoms with van der Waals surface area (Å²) in [5, 5.41) is 10.7. The molecule has 6 rings (SSSR count). The van der Waals surface area contributed by atoms with Crippen LogP contribution in [-0.4, -0.2) is 82.6 Å². The molecule has 4 heterocycles. The van der Waals surface area contributed by atoms with Crippen LogP contribution in [0.5, 0.6) is 11.8 Å². The van der Waals surface area contributed by atoms with E-state index in [9.17, 15) is 9.59 Å². The van der Waals surface area contributed by atoms with E-state index in [1.807, 2.05) is 41.3 Å². The highest BCUT2D eigenvalue weighted by molar-refractivity contribution is 6.39. The van der Waals surface area contributed by atoms with Crippen molar-refractivity contribution in [3.63, 3.8) is 0 Å². The molecular weight excluding hydrogens is 679 g/mol. The number of amides is 2. The number of benzene rings is 2. The number of halogens is 2. The Kier molecular flexibility index (Phi) is 11.4. The van der Waals surface area contributed by atoms with Crippen LogP contribution in [0.15, 0.2) is 48.8 Å². The number of piperidine rings is 1. The van der Waals surface area contributed by atoms with Gasteiger partial charge < -0.3 is 30.3 Å². The summed E-state index contributed by atoms with van der Waals surface area (Å²) in [6.07, 6.45) is 6.50. The van der Waals surface area contributed by atoms with E-state index in [-0.39, 0.29) is 23.9 Å². The van der Waals surface area contributed by atoms with Crippen LogP contribution in [0.2, 0.25) is 10.0 Å². The second-order valence-electron chi connectivity index (χ2n) is 12.4. The summed E-state index contributed by atoms with van der Waals surface area (Å²) in [5.41, 5.74) is 5.26. The zero-order chi connectivity index (χ0) is 35.2. The monoisotopic (exact) mass is 718 g/mol. The lowest BCUT2D eigenvalue weighted by molar-refractivity contribution is -0.130.